The van der Waals surface area contributed by atoms with Gasteiger partial charge in [0.25, 0.3) is 0 Å². The number of halogens is 2. The molecule has 7 rings (SSSR count). The van der Waals surface area contributed by atoms with Crippen molar-refractivity contribution in [3.63, 3.8) is 0 Å². The summed E-state index contributed by atoms with van der Waals surface area (Å²) in [6.45, 7) is 4.88. The molecule has 0 spiro atoms. The predicted octanol–water partition coefficient (Wildman–Crippen LogP) is 11.8. The summed E-state index contributed by atoms with van der Waals surface area (Å²) in [7, 11) is 0. The molecule has 0 aromatic heterocycles. The van der Waals surface area contributed by atoms with E-state index in [0.29, 0.717) is 0 Å². The van der Waals surface area contributed by atoms with Crippen molar-refractivity contribution in [3.8, 4) is 22.3 Å². The number of rotatable bonds is 3. The molecule has 190 valence electrons. The molecule has 0 nitrogen and oxygen atoms in total. The molecule has 7 aromatic carbocycles. The summed E-state index contributed by atoms with van der Waals surface area (Å²) in [6.07, 6.45) is 0. The van der Waals surface area contributed by atoms with Crippen molar-refractivity contribution < 1.29 is 0 Å². The fourth-order valence-corrected chi connectivity index (χ4v) is 8.57. The van der Waals surface area contributed by atoms with E-state index in [2.05, 4.69) is 185 Å². The van der Waals surface area contributed by atoms with Crippen molar-refractivity contribution in [2.24, 2.45) is 0 Å². The molecule has 39 heavy (non-hydrogen) atoms. The van der Waals surface area contributed by atoms with Crippen molar-refractivity contribution in [3.05, 3.63) is 127 Å². The van der Waals surface area contributed by atoms with Crippen LogP contribution in [0.2, 0.25) is 0 Å². The first-order valence-corrected chi connectivity index (χ1v) is 21.9. The average Bonchev–Trinajstić information content (AvgIpc) is 2.93. The Morgan fingerprint density at radius 2 is 0.718 bits per heavy atom. The molecule has 0 saturated heterocycles. The summed E-state index contributed by atoms with van der Waals surface area (Å²) in [6, 6.07) is 47.4. The molecule has 0 aliphatic heterocycles. The quantitative estimate of drug-likeness (QED) is 0.0960. The minimum atomic E-state index is -2.18. The second-order valence-corrected chi connectivity index (χ2v) is 38.0. The van der Waals surface area contributed by atoms with Crippen LogP contribution < -0.4 is 5.30 Å². The standard InChI is InChI=1S/C36H27I2P/c1-39(2,37,38)30-22-28(35-31-15-7-3-11-24(31)19-25-12-4-8-16-32(25)35)21-29(23-30)36-33-17-9-5-13-26(33)20-27-14-6-10-18-34(27)36/h3-23H,1-2H3. The van der Waals surface area contributed by atoms with E-state index in [1.54, 1.807) is 0 Å². The zero-order chi connectivity index (χ0) is 26.8. The third-order valence-electron chi connectivity index (χ3n) is 7.75. The van der Waals surface area contributed by atoms with Crippen molar-refractivity contribution in [1.82, 2.24) is 0 Å². The van der Waals surface area contributed by atoms with Gasteiger partial charge in [0.15, 0.2) is 0 Å². The molecule has 0 fully saturated rings. The molecular formula is C36H27I2P. The van der Waals surface area contributed by atoms with Crippen molar-refractivity contribution in [2.75, 3.05) is 13.3 Å². The van der Waals surface area contributed by atoms with Gasteiger partial charge in [0.1, 0.15) is 0 Å². The Bertz CT molecular complexity index is 1830. The molecule has 7 aromatic rings. The van der Waals surface area contributed by atoms with E-state index in [1.807, 2.05) is 0 Å². The molecule has 0 heterocycles. The van der Waals surface area contributed by atoms with Crippen LogP contribution >= 0.6 is 46.0 Å². The van der Waals surface area contributed by atoms with E-state index < -0.39 is 1.89 Å². The average molecular weight is 744 g/mol. The summed E-state index contributed by atoms with van der Waals surface area (Å²) >= 11 is 5.48. The third kappa shape index (κ3) is 4.55. The summed E-state index contributed by atoms with van der Waals surface area (Å²) in [4.78, 5) is 0. The predicted molar refractivity (Wildman–Crippen MR) is 194 cm³/mol. The van der Waals surface area contributed by atoms with E-state index in [9.17, 15) is 0 Å². The van der Waals surface area contributed by atoms with E-state index in [4.69, 9.17) is 0 Å². The van der Waals surface area contributed by atoms with Gasteiger partial charge in [-0.3, -0.25) is 0 Å². The van der Waals surface area contributed by atoms with Gasteiger partial charge in [-0.25, -0.2) is 0 Å². The van der Waals surface area contributed by atoms with Gasteiger partial charge in [-0.2, -0.15) is 0 Å². The van der Waals surface area contributed by atoms with Crippen LogP contribution in [-0.4, -0.2) is 13.3 Å². The number of benzene rings is 7. The topological polar surface area (TPSA) is 0 Å². The Balaban J connectivity index is 1.66. The summed E-state index contributed by atoms with van der Waals surface area (Å²) in [5, 5.41) is 11.8. The summed E-state index contributed by atoms with van der Waals surface area (Å²) < 4.78 is -2.18. The Morgan fingerprint density at radius 3 is 1.03 bits per heavy atom. The molecule has 0 bridgehead atoms. The van der Waals surface area contributed by atoms with Crippen LogP contribution in [0, 0.1) is 0 Å². The molecule has 0 N–H and O–H groups in total. The molecular weight excluding hydrogens is 717 g/mol. The fraction of sp³-hybridized carbons (Fsp3) is 0.0556. The number of hydrogen-bond donors (Lipinski definition) is 0. The Labute approximate surface area is 255 Å². The van der Waals surface area contributed by atoms with Crippen molar-refractivity contribution in [2.45, 2.75) is 0 Å². The van der Waals surface area contributed by atoms with Gasteiger partial charge in [-0.15, -0.1) is 0 Å². The first kappa shape index (κ1) is 25.4. The van der Waals surface area contributed by atoms with Gasteiger partial charge in [0.05, 0.1) is 0 Å². The molecule has 0 amide bonds. The van der Waals surface area contributed by atoms with Crippen molar-refractivity contribution >= 4 is 94.4 Å². The zero-order valence-electron chi connectivity index (χ0n) is 21.8. The molecule has 0 radical (unpaired) electrons. The summed E-state index contributed by atoms with van der Waals surface area (Å²) in [5.41, 5.74) is 5.23. The summed E-state index contributed by atoms with van der Waals surface area (Å²) in [5.74, 6) is 0. The SMILES string of the molecule is CP(C)(I)(I)c1cc(-c2c3ccccc3cc3ccccc23)cc(-c2c3ccccc3cc3ccccc23)c1. The van der Waals surface area contributed by atoms with E-state index in [1.165, 1.54) is 70.6 Å². The van der Waals surface area contributed by atoms with Crippen LogP contribution in [0.3, 0.4) is 0 Å². The Morgan fingerprint density at radius 1 is 0.410 bits per heavy atom. The first-order valence-electron chi connectivity index (χ1n) is 13.2. The van der Waals surface area contributed by atoms with E-state index in [-0.39, 0.29) is 0 Å². The van der Waals surface area contributed by atoms with Crippen LogP contribution in [0.1, 0.15) is 0 Å². The van der Waals surface area contributed by atoms with Gasteiger partial charge >= 0.3 is 257 Å². The van der Waals surface area contributed by atoms with Gasteiger partial charge in [-0.05, 0) is 0 Å². The maximum atomic E-state index is 2.74. The van der Waals surface area contributed by atoms with Crippen LogP contribution in [0.15, 0.2) is 127 Å². The van der Waals surface area contributed by atoms with Crippen LogP contribution in [0.25, 0.3) is 65.3 Å². The Hall–Kier alpha value is -2.53. The number of fused-ring (bicyclic) bond motifs is 4. The third-order valence-corrected chi connectivity index (χ3v) is 12.8. The molecule has 0 unspecified atom stereocenters. The zero-order valence-corrected chi connectivity index (χ0v) is 27.0. The normalized spacial score (nSPS) is 13.2. The Kier molecular flexibility index (Phi) is 6.04. The van der Waals surface area contributed by atoms with Crippen LogP contribution in [0.4, 0.5) is 0 Å². The minimum absolute atomic E-state index is 1.28. The van der Waals surface area contributed by atoms with Gasteiger partial charge in [-0.1, -0.05) is 0 Å². The fourth-order valence-electron chi connectivity index (χ4n) is 5.91. The van der Waals surface area contributed by atoms with E-state index in [0.717, 1.165) is 0 Å². The molecule has 0 saturated carbocycles. The van der Waals surface area contributed by atoms with Crippen molar-refractivity contribution in [1.29, 1.82) is 0 Å². The van der Waals surface area contributed by atoms with E-state index >= 15 is 0 Å². The number of hydrogen-bond acceptors (Lipinski definition) is 0. The van der Waals surface area contributed by atoms with Gasteiger partial charge in [0.2, 0.25) is 0 Å². The van der Waals surface area contributed by atoms with Gasteiger partial charge in [0, 0.05) is 0 Å². The second kappa shape index (κ2) is 9.26. The van der Waals surface area contributed by atoms with Crippen LogP contribution in [-0.2, 0) is 0 Å². The van der Waals surface area contributed by atoms with Gasteiger partial charge < -0.3 is 0 Å². The van der Waals surface area contributed by atoms with Crippen LogP contribution in [0.5, 0.6) is 0 Å². The molecule has 0 atom stereocenters. The molecule has 0 aliphatic rings. The molecule has 0 aliphatic carbocycles. The maximum absolute atomic E-state index is 2.74. The first-order chi connectivity index (χ1) is 18.7. The second-order valence-electron chi connectivity index (χ2n) is 11.0. The molecule has 3 heteroatoms. The monoisotopic (exact) mass is 744 g/mol.